The zero-order valence-electron chi connectivity index (χ0n) is 25.7. The van der Waals surface area contributed by atoms with E-state index in [1.54, 1.807) is 12.0 Å². The molecule has 232 valence electrons. The van der Waals surface area contributed by atoms with Crippen LogP contribution in [0.15, 0.2) is 30.9 Å². The van der Waals surface area contributed by atoms with E-state index in [2.05, 4.69) is 49.6 Å². The number of carbonyl (C=O) groups excluding carboxylic acids is 2. The first-order valence-corrected chi connectivity index (χ1v) is 15.3. The monoisotopic (exact) mass is 591 g/mol. The number of hydrogen-bond donors (Lipinski definition) is 2. The summed E-state index contributed by atoms with van der Waals surface area (Å²) in [5.74, 6) is 1.01. The smallest absolute Gasteiger partial charge is 0.271 e. The summed E-state index contributed by atoms with van der Waals surface area (Å²) in [5, 5.41) is 3.29. The van der Waals surface area contributed by atoms with E-state index >= 15 is 0 Å². The molecule has 4 heterocycles. The molecule has 3 N–H and O–H groups in total. The lowest BCUT2D eigenvalue weighted by Gasteiger charge is -2.42. The van der Waals surface area contributed by atoms with E-state index in [1.165, 1.54) is 6.08 Å². The number of ether oxygens (including phenoxy) is 1. The summed E-state index contributed by atoms with van der Waals surface area (Å²) in [6, 6.07) is 6.60. The molecule has 0 radical (unpaired) electrons. The molecular weight excluding hydrogens is 546 g/mol. The van der Waals surface area contributed by atoms with Gasteiger partial charge in [0, 0.05) is 83.2 Å². The molecule has 3 saturated heterocycles. The van der Waals surface area contributed by atoms with Gasteiger partial charge in [-0.3, -0.25) is 14.5 Å². The summed E-state index contributed by atoms with van der Waals surface area (Å²) in [4.78, 5) is 45.3. The van der Waals surface area contributed by atoms with Crippen LogP contribution in [0.25, 0.3) is 0 Å². The Bertz CT molecular complexity index is 1310. The van der Waals surface area contributed by atoms with Crippen molar-refractivity contribution in [3.8, 4) is 5.75 Å². The predicted molar refractivity (Wildman–Crippen MR) is 169 cm³/mol. The highest BCUT2D eigenvalue weighted by molar-refractivity contribution is 5.96. The highest BCUT2D eigenvalue weighted by atomic mass is 16.5. The average molecular weight is 592 g/mol. The van der Waals surface area contributed by atoms with E-state index in [1.807, 2.05) is 19.1 Å². The van der Waals surface area contributed by atoms with Crippen LogP contribution in [0.3, 0.4) is 0 Å². The Kier molecular flexibility index (Phi) is 9.66. The van der Waals surface area contributed by atoms with E-state index in [-0.39, 0.29) is 11.6 Å². The number of methoxy groups -OCH3 is 1. The minimum atomic E-state index is -0.649. The molecule has 12 nitrogen and oxygen atoms in total. The number of aromatic nitrogens is 2. The van der Waals surface area contributed by atoms with Gasteiger partial charge in [-0.05, 0) is 44.5 Å². The van der Waals surface area contributed by atoms with Crippen molar-refractivity contribution in [1.82, 2.24) is 24.7 Å². The fraction of sp³-hybridized carbons (Fsp3) is 0.548. The number of nitrogens with zero attached hydrogens (tertiary/aromatic N) is 7. The number of primary amides is 1. The highest BCUT2D eigenvalue weighted by Crippen LogP contribution is 2.35. The summed E-state index contributed by atoms with van der Waals surface area (Å²) >= 11 is 0. The molecule has 43 heavy (non-hydrogen) atoms. The number of aryl methyl sites for hydroxylation is 1. The van der Waals surface area contributed by atoms with E-state index in [4.69, 9.17) is 15.5 Å². The lowest BCUT2D eigenvalue weighted by atomic mass is 10.0. The number of piperazine rings is 2. The Morgan fingerprint density at radius 1 is 1.02 bits per heavy atom. The number of hydrogen-bond acceptors (Lipinski definition) is 10. The van der Waals surface area contributed by atoms with Crippen LogP contribution in [0.2, 0.25) is 0 Å². The van der Waals surface area contributed by atoms with Crippen LogP contribution < -0.4 is 25.6 Å². The predicted octanol–water partition coefficient (Wildman–Crippen LogP) is 1.94. The number of rotatable bonds is 9. The average Bonchev–Trinajstić information content (AvgIpc) is 3.04. The molecule has 3 aliphatic rings. The van der Waals surface area contributed by atoms with Crippen LogP contribution in [0, 0.1) is 0 Å². The summed E-state index contributed by atoms with van der Waals surface area (Å²) in [7, 11) is 3.88. The quantitative estimate of drug-likeness (QED) is 0.418. The van der Waals surface area contributed by atoms with Gasteiger partial charge in [0.2, 0.25) is 5.91 Å². The van der Waals surface area contributed by atoms with Gasteiger partial charge in [0.05, 0.1) is 18.5 Å². The Hall–Kier alpha value is -3.90. The van der Waals surface area contributed by atoms with Crippen LogP contribution in [-0.2, 0) is 11.2 Å². The van der Waals surface area contributed by atoms with Gasteiger partial charge in [-0.1, -0.05) is 13.5 Å². The van der Waals surface area contributed by atoms with Crippen molar-refractivity contribution in [2.24, 2.45) is 5.73 Å². The molecular formula is C31H45N9O3. The molecule has 1 aromatic heterocycles. The maximum atomic E-state index is 12.4. The minimum absolute atomic E-state index is 0.0790. The number of piperidine rings is 1. The minimum Gasteiger partial charge on any atom is -0.495 e. The molecule has 0 atom stereocenters. The van der Waals surface area contributed by atoms with Crippen molar-refractivity contribution in [3.63, 3.8) is 0 Å². The lowest BCUT2D eigenvalue weighted by Crippen LogP contribution is -2.52. The highest BCUT2D eigenvalue weighted by Gasteiger charge is 2.29. The molecule has 2 aromatic rings. The van der Waals surface area contributed by atoms with Crippen LogP contribution in [0.5, 0.6) is 5.75 Å². The lowest BCUT2D eigenvalue weighted by molar-refractivity contribution is -0.126. The van der Waals surface area contributed by atoms with Crippen molar-refractivity contribution in [3.05, 3.63) is 42.2 Å². The third-order valence-corrected chi connectivity index (χ3v) is 8.88. The van der Waals surface area contributed by atoms with E-state index in [9.17, 15) is 9.59 Å². The van der Waals surface area contributed by atoms with Crippen LogP contribution in [0.1, 0.15) is 35.9 Å². The van der Waals surface area contributed by atoms with Gasteiger partial charge in [0.15, 0.2) is 17.3 Å². The fourth-order valence-corrected chi connectivity index (χ4v) is 6.29. The first-order valence-electron chi connectivity index (χ1n) is 15.3. The van der Waals surface area contributed by atoms with Gasteiger partial charge in [-0.2, -0.15) is 0 Å². The second-order valence-corrected chi connectivity index (χ2v) is 11.5. The zero-order valence-corrected chi connectivity index (χ0v) is 25.7. The first-order chi connectivity index (χ1) is 20.8. The maximum Gasteiger partial charge on any atom is 0.271 e. The molecule has 0 spiro atoms. The first kappa shape index (κ1) is 30.6. The molecule has 0 aliphatic carbocycles. The summed E-state index contributed by atoms with van der Waals surface area (Å²) in [6.07, 6.45) is 4.19. The van der Waals surface area contributed by atoms with Crippen LogP contribution in [0.4, 0.5) is 23.0 Å². The molecule has 3 fully saturated rings. The van der Waals surface area contributed by atoms with Crippen LogP contribution in [-0.4, -0.2) is 122 Å². The second kappa shape index (κ2) is 13.6. The summed E-state index contributed by atoms with van der Waals surface area (Å²) in [5.41, 5.74) is 8.31. The van der Waals surface area contributed by atoms with E-state index in [0.29, 0.717) is 56.0 Å². The maximum absolute atomic E-state index is 12.4. The Morgan fingerprint density at radius 3 is 2.33 bits per heavy atom. The van der Waals surface area contributed by atoms with Crippen molar-refractivity contribution < 1.29 is 14.3 Å². The molecule has 12 heteroatoms. The normalized spacial score (nSPS) is 18.9. The van der Waals surface area contributed by atoms with Gasteiger partial charge in [-0.25, -0.2) is 9.97 Å². The molecule has 0 unspecified atom stereocenters. The van der Waals surface area contributed by atoms with Gasteiger partial charge >= 0.3 is 0 Å². The van der Waals surface area contributed by atoms with Gasteiger partial charge in [0.25, 0.3) is 5.91 Å². The van der Waals surface area contributed by atoms with E-state index < -0.39 is 5.91 Å². The fourth-order valence-electron chi connectivity index (χ4n) is 6.29. The van der Waals surface area contributed by atoms with Gasteiger partial charge in [-0.15, -0.1) is 0 Å². The standard InChI is InChI=1S/C31H45N9O3/c1-5-24-31(40-19-17-39(18-20-40)27(41)6-2)35-30(28(34-24)29(32)42)33-22-7-8-25(26(21-22)43-4)38-11-9-23(10-12-38)37-15-13-36(3)14-16-37/h6-8,21,23H,2,5,9-20H2,1,3-4H3,(H2,32,42)(H,33,35). The Balaban J connectivity index is 1.32. The molecule has 1 aromatic carbocycles. The van der Waals surface area contributed by atoms with E-state index in [0.717, 1.165) is 69.2 Å². The third-order valence-electron chi connectivity index (χ3n) is 8.88. The Labute approximate surface area is 254 Å². The number of anilines is 4. The van der Waals surface area contributed by atoms with Crippen molar-refractivity contribution in [1.29, 1.82) is 0 Å². The van der Waals surface area contributed by atoms with Crippen molar-refractivity contribution in [2.75, 3.05) is 94.7 Å². The number of carbonyl (C=O) groups is 2. The van der Waals surface area contributed by atoms with Crippen LogP contribution >= 0.6 is 0 Å². The Morgan fingerprint density at radius 2 is 1.72 bits per heavy atom. The molecule has 3 aliphatic heterocycles. The van der Waals surface area contributed by atoms with Crippen molar-refractivity contribution >= 4 is 34.8 Å². The third kappa shape index (κ3) is 6.86. The number of amides is 2. The number of benzene rings is 1. The molecule has 2 amide bonds. The van der Waals surface area contributed by atoms with Gasteiger partial charge < -0.3 is 35.4 Å². The number of likely N-dealkylation sites (N-methyl/N-ethyl adjacent to an activating group) is 1. The summed E-state index contributed by atoms with van der Waals surface area (Å²) < 4.78 is 5.83. The molecule has 5 rings (SSSR count). The second-order valence-electron chi connectivity index (χ2n) is 11.5. The summed E-state index contributed by atoms with van der Waals surface area (Å²) in [6.45, 7) is 14.4. The number of nitrogens with one attached hydrogen (secondary N) is 1. The number of nitrogens with two attached hydrogens (primary N) is 1. The molecule has 0 bridgehead atoms. The molecule has 0 saturated carbocycles. The van der Waals surface area contributed by atoms with Crippen molar-refractivity contribution in [2.45, 2.75) is 32.2 Å². The zero-order chi connectivity index (χ0) is 30.5. The topological polar surface area (TPSA) is 123 Å². The van der Waals surface area contributed by atoms with Gasteiger partial charge in [0.1, 0.15) is 5.75 Å². The largest absolute Gasteiger partial charge is 0.495 e. The SMILES string of the molecule is C=CC(=O)N1CCN(c2nc(Nc3ccc(N4CCC(N5CCN(C)CC5)CC4)c(OC)c3)c(C(N)=O)nc2CC)CC1.